The third-order valence-corrected chi connectivity index (χ3v) is 2.79. The number of aromatic hydroxyl groups is 2. The summed E-state index contributed by atoms with van der Waals surface area (Å²) in [7, 11) is 0. The van der Waals surface area contributed by atoms with E-state index in [0.717, 1.165) is 0 Å². The fourth-order valence-electron chi connectivity index (χ4n) is 1.92. The van der Waals surface area contributed by atoms with Crippen LogP contribution in [0.25, 0.3) is 5.76 Å². The van der Waals surface area contributed by atoms with Gasteiger partial charge in [-0.3, -0.25) is 10.2 Å². The number of Topliss-reactive ketones (excluding diaryl/α,β-unsaturated/α-hetero) is 1. The number of nitrogens with one attached hydrogen (secondary N) is 1. The Hall–Kier alpha value is -2.30. The van der Waals surface area contributed by atoms with Crippen molar-refractivity contribution >= 4 is 17.3 Å². The Bertz CT molecular complexity index is 572. The van der Waals surface area contributed by atoms with E-state index in [4.69, 9.17) is 5.41 Å². The lowest BCUT2D eigenvalue weighted by atomic mass is 9.86. The second-order valence-corrected chi connectivity index (χ2v) is 3.74. The van der Waals surface area contributed by atoms with Crippen molar-refractivity contribution in [3.05, 3.63) is 28.8 Å². The van der Waals surface area contributed by atoms with E-state index in [1.807, 2.05) is 0 Å². The highest BCUT2D eigenvalue weighted by Crippen LogP contribution is 2.39. The number of ketones is 1. The standard InChI is InChI=1S/C12H11NO4/c1-2-5-11(16)9-7(15)4-3-6(14)8(9)10(13)12(5)17/h3-4,13-16H,2H2,1H3. The first kappa shape index (κ1) is 11.2. The first-order chi connectivity index (χ1) is 7.99. The van der Waals surface area contributed by atoms with E-state index in [-0.39, 0.29) is 40.4 Å². The summed E-state index contributed by atoms with van der Waals surface area (Å²) >= 11 is 0. The third-order valence-electron chi connectivity index (χ3n) is 2.79. The molecule has 17 heavy (non-hydrogen) atoms. The summed E-state index contributed by atoms with van der Waals surface area (Å²) in [6.45, 7) is 1.67. The Morgan fingerprint density at radius 3 is 2.18 bits per heavy atom. The molecular formula is C12H11NO4. The second kappa shape index (κ2) is 3.62. The van der Waals surface area contributed by atoms with Crippen molar-refractivity contribution < 1.29 is 20.1 Å². The van der Waals surface area contributed by atoms with E-state index in [0.29, 0.717) is 0 Å². The van der Waals surface area contributed by atoms with Crippen molar-refractivity contribution in [3.63, 3.8) is 0 Å². The maximum atomic E-state index is 11.8. The molecule has 88 valence electrons. The molecule has 0 amide bonds. The highest BCUT2D eigenvalue weighted by molar-refractivity contribution is 6.53. The normalized spacial score (nSPS) is 15.1. The van der Waals surface area contributed by atoms with Gasteiger partial charge in [0.1, 0.15) is 23.0 Å². The molecule has 0 unspecified atom stereocenters. The van der Waals surface area contributed by atoms with Crippen LogP contribution in [0.2, 0.25) is 0 Å². The number of carbonyl (C=O) groups excluding carboxylic acids is 1. The van der Waals surface area contributed by atoms with Crippen LogP contribution in [-0.2, 0) is 4.79 Å². The van der Waals surface area contributed by atoms with Gasteiger partial charge >= 0.3 is 0 Å². The molecule has 0 aliphatic heterocycles. The molecule has 0 saturated carbocycles. The molecular weight excluding hydrogens is 222 g/mol. The zero-order valence-corrected chi connectivity index (χ0v) is 9.11. The van der Waals surface area contributed by atoms with Crippen LogP contribution in [0.1, 0.15) is 24.5 Å². The number of fused-ring (bicyclic) bond motifs is 1. The lowest BCUT2D eigenvalue weighted by molar-refractivity contribution is -0.110. The van der Waals surface area contributed by atoms with Crippen LogP contribution in [0, 0.1) is 5.41 Å². The molecule has 1 aromatic carbocycles. The highest BCUT2D eigenvalue weighted by Gasteiger charge is 2.33. The lowest BCUT2D eigenvalue weighted by Crippen LogP contribution is -2.24. The van der Waals surface area contributed by atoms with Gasteiger partial charge in [0, 0.05) is 5.57 Å². The average Bonchev–Trinajstić information content (AvgIpc) is 2.30. The van der Waals surface area contributed by atoms with Crippen LogP contribution in [0.3, 0.4) is 0 Å². The largest absolute Gasteiger partial charge is 0.507 e. The summed E-state index contributed by atoms with van der Waals surface area (Å²) < 4.78 is 0. The van der Waals surface area contributed by atoms with Crippen LogP contribution < -0.4 is 0 Å². The molecule has 0 aromatic heterocycles. The molecule has 2 rings (SSSR count). The number of aliphatic hydroxyl groups excluding tert-OH is 1. The van der Waals surface area contributed by atoms with Gasteiger partial charge in [-0.2, -0.15) is 0 Å². The van der Waals surface area contributed by atoms with Gasteiger partial charge in [-0.15, -0.1) is 0 Å². The topological polar surface area (TPSA) is 102 Å². The molecule has 0 fully saturated rings. The van der Waals surface area contributed by atoms with Gasteiger partial charge in [-0.25, -0.2) is 0 Å². The van der Waals surface area contributed by atoms with Gasteiger partial charge in [0.05, 0.1) is 11.1 Å². The second-order valence-electron chi connectivity index (χ2n) is 3.74. The third kappa shape index (κ3) is 1.39. The van der Waals surface area contributed by atoms with Crippen molar-refractivity contribution in [3.8, 4) is 11.5 Å². The summed E-state index contributed by atoms with van der Waals surface area (Å²) in [6.07, 6.45) is 0.252. The quantitative estimate of drug-likeness (QED) is 0.555. The fourth-order valence-corrected chi connectivity index (χ4v) is 1.92. The number of benzene rings is 1. The number of carbonyl (C=O) groups is 1. The summed E-state index contributed by atoms with van der Waals surface area (Å²) in [5, 5.41) is 36.8. The van der Waals surface area contributed by atoms with E-state index < -0.39 is 11.5 Å². The maximum absolute atomic E-state index is 11.8. The van der Waals surface area contributed by atoms with Gasteiger partial charge in [0.2, 0.25) is 5.78 Å². The number of phenols is 2. The minimum Gasteiger partial charge on any atom is -0.507 e. The monoisotopic (exact) mass is 233 g/mol. The smallest absolute Gasteiger partial charge is 0.211 e. The Labute approximate surface area is 97.2 Å². The van der Waals surface area contributed by atoms with Crippen LogP contribution in [-0.4, -0.2) is 26.8 Å². The van der Waals surface area contributed by atoms with Crippen LogP contribution >= 0.6 is 0 Å². The summed E-state index contributed by atoms with van der Waals surface area (Å²) in [5.74, 6) is -1.56. The summed E-state index contributed by atoms with van der Waals surface area (Å²) in [5.41, 5.74) is -0.511. The molecule has 0 saturated heterocycles. The zero-order chi connectivity index (χ0) is 12.7. The number of aliphatic hydroxyl groups is 1. The van der Waals surface area contributed by atoms with E-state index in [1.165, 1.54) is 12.1 Å². The number of hydrogen-bond acceptors (Lipinski definition) is 5. The molecule has 4 N–H and O–H groups in total. The number of hydrogen-bond donors (Lipinski definition) is 4. The maximum Gasteiger partial charge on any atom is 0.211 e. The average molecular weight is 233 g/mol. The van der Waals surface area contributed by atoms with Crippen molar-refractivity contribution in [2.24, 2.45) is 0 Å². The van der Waals surface area contributed by atoms with Crippen molar-refractivity contribution in [1.82, 2.24) is 0 Å². The number of rotatable bonds is 1. The Morgan fingerprint density at radius 1 is 1.12 bits per heavy atom. The first-order valence-corrected chi connectivity index (χ1v) is 5.10. The molecule has 0 spiro atoms. The fraction of sp³-hybridized carbons (Fsp3) is 0.167. The first-order valence-electron chi connectivity index (χ1n) is 5.10. The molecule has 1 aromatic rings. The molecule has 0 bridgehead atoms. The minimum absolute atomic E-state index is 0.0496. The summed E-state index contributed by atoms with van der Waals surface area (Å²) in [6, 6.07) is 2.39. The number of phenolic OH excluding ortho intramolecular Hbond substituents is 2. The Morgan fingerprint density at radius 2 is 1.65 bits per heavy atom. The van der Waals surface area contributed by atoms with Crippen LogP contribution in [0.15, 0.2) is 17.7 Å². The van der Waals surface area contributed by atoms with Crippen LogP contribution in [0.5, 0.6) is 11.5 Å². The molecule has 0 atom stereocenters. The van der Waals surface area contributed by atoms with Gasteiger partial charge < -0.3 is 15.3 Å². The predicted octanol–water partition coefficient (Wildman–Crippen LogP) is 1.73. The van der Waals surface area contributed by atoms with E-state index >= 15 is 0 Å². The highest BCUT2D eigenvalue weighted by atomic mass is 16.3. The van der Waals surface area contributed by atoms with E-state index in [2.05, 4.69) is 0 Å². The SMILES string of the molecule is CCC1=C(O)c2c(O)ccc(O)c2C(=N)C1=O. The van der Waals surface area contributed by atoms with Crippen molar-refractivity contribution in [2.45, 2.75) is 13.3 Å². The van der Waals surface area contributed by atoms with Gasteiger partial charge in [-0.05, 0) is 18.6 Å². The molecule has 0 heterocycles. The molecule has 0 radical (unpaired) electrons. The van der Waals surface area contributed by atoms with Gasteiger partial charge in [-0.1, -0.05) is 6.92 Å². The molecule has 5 heteroatoms. The lowest BCUT2D eigenvalue weighted by Gasteiger charge is -2.20. The number of allylic oxidation sites excluding steroid dienone is 1. The van der Waals surface area contributed by atoms with E-state index in [1.54, 1.807) is 6.92 Å². The summed E-state index contributed by atoms with van der Waals surface area (Å²) in [4.78, 5) is 11.8. The molecule has 5 nitrogen and oxygen atoms in total. The molecule has 1 aliphatic rings. The Kier molecular flexibility index (Phi) is 2.38. The van der Waals surface area contributed by atoms with Crippen molar-refractivity contribution in [2.75, 3.05) is 0 Å². The Balaban J connectivity index is 2.87. The molecule has 1 aliphatic carbocycles. The predicted molar refractivity (Wildman–Crippen MR) is 61.4 cm³/mol. The van der Waals surface area contributed by atoms with E-state index in [9.17, 15) is 20.1 Å². The minimum atomic E-state index is -0.626. The van der Waals surface area contributed by atoms with Gasteiger partial charge in [0.15, 0.2) is 0 Å². The van der Waals surface area contributed by atoms with Crippen LogP contribution in [0.4, 0.5) is 0 Å². The van der Waals surface area contributed by atoms with Crippen molar-refractivity contribution in [1.29, 1.82) is 5.41 Å². The zero-order valence-electron chi connectivity index (χ0n) is 9.11. The van der Waals surface area contributed by atoms with Gasteiger partial charge in [0.25, 0.3) is 0 Å².